The first-order valence-corrected chi connectivity index (χ1v) is 13.3. The number of carboxylic acids is 1. The Morgan fingerprint density at radius 3 is 2.61 bits per heavy atom. The highest BCUT2D eigenvalue weighted by Gasteiger charge is 2.31. The molecule has 2 aliphatic heterocycles. The Morgan fingerprint density at radius 1 is 1.00 bits per heavy atom. The molecular formula is C29H31N5O4. The lowest BCUT2D eigenvalue weighted by molar-refractivity contribution is 0.0696. The number of aromatic nitrogens is 3. The van der Waals surface area contributed by atoms with Crippen LogP contribution in [-0.4, -0.2) is 74.6 Å². The van der Waals surface area contributed by atoms with Crippen molar-refractivity contribution in [2.24, 2.45) is 5.92 Å². The minimum atomic E-state index is -0.952. The van der Waals surface area contributed by atoms with Gasteiger partial charge in [0.1, 0.15) is 11.4 Å². The van der Waals surface area contributed by atoms with Crippen molar-refractivity contribution in [3.8, 4) is 5.75 Å². The average molecular weight is 514 g/mol. The second-order valence-electron chi connectivity index (χ2n) is 10.3. The molecule has 5 heterocycles. The monoisotopic (exact) mass is 513 g/mol. The number of pyridine rings is 2. The number of benzene rings is 1. The number of piperidine rings is 2. The summed E-state index contributed by atoms with van der Waals surface area (Å²) in [5.74, 6) is 0.327. The van der Waals surface area contributed by atoms with Gasteiger partial charge in [0.05, 0.1) is 23.9 Å². The molecule has 0 saturated carbocycles. The first-order valence-electron chi connectivity index (χ1n) is 13.3. The number of fused-ring (bicyclic) bond motifs is 3. The first kappa shape index (κ1) is 24.2. The number of nitrogens with zero attached hydrogens (tertiary/aromatic N) is 4. The Bertz CT molecular complexity index is 1460. The molecule has 9 nitrogen and oxygen atoms in total. The molecule has 4 aromatic rings. The molecule has 3 aromatic heterocycles. The van der Waals surface area contributed by atoms with Gasteiger partial charge in [0.2, 0.25) is 0 Å². The van der Waals surface area contributed by atoms with Crippen LogP contribution in [0, 0.1) is 5.92 Å². The molecule has 2 amide bonds. The number of H-pyrrole nitrogens is 1. The van der Waals surface area contributed by atoms with Crippen molar-refractivity contribution in [1.82, 2.24) is 24.8 Å². The van der Waals surface area contributed by atoms with Gasteiger partial charge in [-0.25, -0.2) is 14.6 Å². The molecular weight excluding hydrogens is 482 g/mol. The van der Waals surface area contributed by atoms with Crippen molar-refractivity contribution in [1.29, 1.82) is 0 Å². The van der Waals surface area contributed by atoms with E-state index in [-0.39, 0.29) is 17.5 Å². The summed E-state index contributed by atoms with van der Waals surface area (Å²) in [6.07, 6.45) is 9.43. The molecule has 1 aromatic carbocycles. The third-order valence-corrected chi connectivity index (χ3v) is 7.90. The van der Waals surface area contributed by atoms with E-state index >= 15 is 0 Å². The Morgan fingerprint density at radius 2 is 1.82 bits per heavy atom. The predicted molar refractivity (Wildman–Crippen MR) is 144 cm³/mol. The standard InChI is InChI=1S/C29H31N5O4/c35-28(36)21-3-5-22(6-4-21)38-18-19-2-1-13-34(17-19)29(37)33-14-9-20(10-15-33)23-7-11-30-25-16-32-27-24(26(23)25)8-12-31-27/h3-8,11-12,16,19-20H,1-2,9-10,13-15,17-18H2,(H,31,32)(H,35,36). The highest BCUT2D eigenvalue weighted by molar-refractivity contribution is 6.05. The van der Waals surface area contributed by atoms with Gasteiger partial charge in [0.15, 0.2) is 0 Å². The van der Waals surface area contributed by atoms with Gasteiger partial charge in [-0.3, -0.25) is 4.98 Å². The van der Waals surface area contributed by atoms with E-state index in [4.69, 9.17) is 9.84 Å². The van der Waals surface area contributed by atoms with Gasteiger partial charge in [-0.15, -0.1) is 0 Å². The summed E-state index contributed by atoms with van der Waals surface area (Å²) in [4.78, 5) is 40.6. The molecule has 0 aliphatic carbocycles. The first-order chi connectivity index (χ1) is 18.6. The van der Waals surface area contributed by atoms with E-state index < -0.39 is 5.97 Å². The van der Waals surface area contributed by atoms with E-state index in [2.05, 4.69) is 27.1 Å². The van der Waals surface area contributed by atoms with E-state index in [9.17, 15) is 9.59 Å². The molecule has 1 atom stereocenters. The van der Waals surface area contributed by atoms with Gasteiger partial charge in [0, 0.05) is 55.3 Å². The highest BCUT2D eigenvalue weighted by atomic mass is 16.5. The van der Waals surface area contributed by atoms with Gasteiger partial charge < -0.3 is 24.6 Å². The molecule has 1 unspecified atom stereocenters. The van der Waals surface area contributed by atoms with Gasteiger partial charge in [-0.05, 0) is 73.6 Å². The zero-order valence-corrected chi connectivity index (χ0v) is 21.2. The van der Waals surface area contributed by atoms with Crippen molar-refractivity contribution in [3.63, 3.8) is 0 Å². The molecule has 38 heavy (non-hydrogen) atoms. The zero-order valence-electron chi connectivity index (χ0n) is 21.2. The van der Waals surface area contributed by atoms with Crippen molar-refractivity contribution < 1.29 is 19.4 Å². The number of ether oxygens (including phenoxy) is 1. The molecule has 2 aliphatic rings. The number of hydrogen-bond acceptors (Lipinski definition) is 5. The van der Waals surface area contributed by atoms with Crippen molar-refractivity contribution in [2.45, 2.75) is 31.6 Å². The van der Waals surface area contributed by atoms with E-state index in [1.165, 1.54) is 10.9 Å². The molecule has 9 heteroatoms. The van der Waals surface area contributed by atoms with Crippen molar-refractivity contribution in [3.05, 3.63) is 66.1 Å². The van der Waals surface area contributed by atoms with E-state index in [0.29, 0.717) is 24.8 Å². The Labute approximate surface area is 220 Å². The lowest BCUT2D eigenvalue weighted by Gasteiger charge is -2.39. The van der Waals surface area contributed by atoms with Gasteiger partial charge in [-0.1, -0.05) is 0 Å². The quantitative estimate of drug-likeness (QED) is 0.393. The van der Waals surface area contributed by atoms with Crippen LogP contribution in [0.15, 0.2) is 55.0 Å². The van der Waals surface area contributed by atoms with Gasteiger partial charge in [-0.2, -0.15) is 0 Å². The Balaban J connectivity index is 1.06. The molecule has 2 saturated heterocycles. The third-order valence-electron chi connectivity index (χ3n) is 7.90. The molecule has 0 spiro atoms. The number of hydrogen-bond donors (Lipinski definition) is 2. The predicted octanol–water partition coefficient (Wildman–Crippen LogP) is 4.90. The van der Waals surface area contributed by atoms with E-state index in [0.717, 1.165) is 61.9 Å². The molecule has 0 radical (unpaired) electrons. The van der Waals surface area contributed by atoms with Crippen molar-refractivity contribution in [2.75, 3.05) is 32.8 Å². The highest BCUT2D eigenvalue weighted by Crippen LogP contribution is 2.35. The lowest BCUT2D eigenvalue weighted by Crippen LogP contribution is -2.50. The van der Waals surface area contributed by atoms with Crippen LogP contribution in [0.3, 0.4) is 0 Å². The minimum Gasteiger partial charge on any atom is -0.493 e. The Kier molecular flexibility index (Phi) is 6.57. The number of aromatic amines is 1. The van der Waals surface area contributed by atoms with Crippen LogP contribution in [0.2, 0.25) is 0 Å². The fourth-order valence-corrected chi connectivity index (χ4v) is 5.88. The number of carbonyl (C=O) groups excluding carboxylic acids is 1. The summed E-state index contributed by atoms with van der Waals surface area (Å²) in [5, 5.41) is 11.3. The molecule has 6 rings (SSSR count). The molecule has 2 N–H and O–H groups in total. The second kappa shape index (κ2) is 10.3. The minimum absolute atomic E-state index is 0.121. The fourth-order valence-electron chi connectivity index (χ4n) is 5.88. The molecule has 196 valence electrons. The van der Waals surface area contributed by atoms with E-state index in [1.807, 2.05) is 28.4 Å². The normalized spacial score (nSPS) is 18.7. The number of rotatable bonds is 5. The summed E-state index contributed by atoms with van der Waals surface area (Å²) >= 11 is 0. The van der Waals surface area contributed by atoms with Gasteiger partial charge >= 0.3 is 12.0 Å². The number of urea groups is 1. The van der Waals surface area contributed by atoms with Crippen LogP contribution in [0.5, 0.6) is 5.75 Å². The summed E-state index contributed by atoms with van der Waals surface area (Å²) in [5.41, 5.74) is 3.32. The summed E-state index contributed by atoms with van der Waals surface area (Å²) in [6.45, 7) is 3.44. The summed E-state index contributed by atoms with van der Waals surface area (Å²) in [7, 11) is 0. The van der Waals surface area contributed by atoms with Crippen LogP contribution < -0.4 is 4.74 Å². The van der Waals surface area contributed by atoms with E-state index in [1.54, 1.807) is 24.3 Å². The van der Waals surface area contributed by atoms with Crippen molar-refractivity contribution >= 4 is 33.9 Å². The lowest BCUT2D eigenvalue weighted by atomic mass is 9.87. The number of carbonyl (C=O) groups is 2. The van der Waals surface area contributed by atoms with Crippen LogP contribution in [0.1, 0.15) is 47.5 Å². The topological polar surface area (TPSA) is 112 Å². The fraction of sp³-hybridized carbons (Fsp3) is 0.379. The van der Waals surface area contributed by atoms with Gasteiger partial charge in [0.25, 0.3) is 0 Å². The zero-order chi connectivity index (χ0) is 26.1. The Hall–Kier alpha value is -4.14. The smallest absolute Gasteiger partial charge is 0.335 e. The number of amides is 2. The number of nitrogens with one attached hydrogen (secondary N) is 1. The number of likely N-dealkylation sites (tertiary alicyclic amines) is 2. The van der Waals surface area contributed by atoms with Crippen LogP contribution >= 0.6 is 0 Å². The third kappa shape index (κ3) is 4.76. The maximum Gasteiger partial charge on any atom is 0.335 e. The SMILES string of the molecule is O=C(O)c1ccc(OCC2CCCN(C(=O)N3CCC(c4ccnc5cnc6[nH]ccc6c45)CC3)C2)cc1. The summed E-state index contributed by atoms with van der Waals surface area (Å²) < 4.78 is 5.92. The largest absolute Gasteiger partial charge is 0.493 e. The average Bonchev–Trinajstić information content (AvgIpc) is 3.45. The van der Waals surface area contributed by atoms with Crippen LogP contribution in [0.4, 0.5) is 4.79 Å². The summed E-state index contributed by atoms with van der Waals surface area (Å²) in [6, 6.07) is 10.8. The molecule has 0 bridgehead atoms. The molecule has 2 fully saturated rings. The number of carboxylic acid groups (broad SMARTS) is 1. The second-order valence-corrected chi connectivity index (χ2v) is 10.3. The van der Waals surface area contributed by atoms with Crippen LogP contribution in [0.25, 0.3) is 21.9 Å². The number of aromatic carboxylic acids is 1. The maximum absolute atomic E-state index is 13.4. The van der Waals surface area contributed by atoms with Crippen LogP contribution in [-0.2, 0) is 0 Å². The maximum atomic E-state index is 13.4.